The lowest BCUT2D eigenvalue weighted by Gasteiger charge is -2.12. The zero-order valence-electron chi connectivity index (χ0n) is 9.66. The molecule has 0 unspecified atom stereocenters. The number of carbonyl (C=O) groups excluding carboxylic acids is 1. The minimum Gasteiger partial charge on any atom is -0.468 e. The smallest absolute Gasteiger partial charge is 0.322 e. The highest BCUT2D eigenvalue weighted by molar-refractivity contribution is 8.01. The number of carbonyl (C=O) groups is 1. The average Bonchev–Trinajstić information content (AvgIpc) is 3.10. The van der Waals surface area contributed by atoms with Crippen molar-refractivity contribution in [2.24, 2.45) is 0 Å². The molecular formula is C13H16O2S. The van der Waals surface area contributed by atoms with Crippen LogP contribution in [-0.4, -0.2) is 17.8 Å². The first kappa shape index (κ1) is 11.5. The molecule has 1 fully saturated rings. The van der Waals surface area contributed by atoms with Gasteiger partial charge in [0.25, 0.3) is 0 Å². The summed E-state index contributed by atoms with van der Waals surface area (Å²) >= 11 is 1.63. The fraction of sp³-hybridized carbons (Fsp3) is 0.462. The van der Waals surface area contributed by atoms with Gasteiger partial charge in [0.05, 0.1) is 7.11 Å². The standard InChI is InChI=1S/C13H16O2S/c1-3-10-4-6-11(7-5-10)16-13(8-9-13)12(14)15-2/h4-7H,3,8-9H2,1-2H3. The molecule has 0 atom stereocenters. The molecule has 0 N–H and O–H groups in total. The highest BCUT2D eigenvalue weighted by Crippen LogP contribution is 2.52. The van der Waals surface area contributed by atoms with Crippen molar-refractivity contribution in [1.82, 2.24) is 0 Å². The molecule has 3 heteroatoms. The SMILES string of the molecule is CCc1ccc(SC2(C(=O)OC)CC2)cc1. The Balaban J connectivity index is 2.06. The topological polar surface area (TPSA) is 26.3 Å². The van der Waals surface area contributed by atoms with E-state index in [1.54, 1.807) is 11.8 Å². The maximum atomic E-state index is 11.6. The lowest BCUT2D eigenvalue weighted by atomic mass is 10.2. The molecule has 0 heterocycles. The van der Waals surface area contributed by atoms with E-state index in [2.05, 4.69) is 31.2 Å². The van der Waals surface area contributed by atoms with Crippen molar-refractivity contribution in [1.29, 1.82) is 0 Å². The summed E-state index contributed by atoms with van der Waals surface area (Å²) in [5.41, 5.74) is 1.33. The summed E-state index contributed by atoms with van der Waals surface area (Å²) in [5, 5.41) is 0. The third-order valence-electron chi connectivity index (χ3n) is 2.91. The Morgan fingerprint density at radius 1 is 1.38 bits per heavy atom. The number of methoxy groups -OCH3 is 1. The first-order chi connectivity index (χ1) is 7.70. The van der Waals surface area contributed by atoms with E-state index in [0.29, 0.717) is 0 Å². The molecule has 86 valence electrons. The van der Waals surface area contributed by atoms with E-state index in [1.165, 1.54) is 12.7 Å². The molecule has 2 nitrogen and oxygen atoms in total. The van der Waals surface area contributed by atoms with E-state index in [0.717, 1.165) is 24.2 Å². The highest BCUT2D eigenvalue weighted by Gasteiger charge is 2.52. The number of aryl methyl sites for hydroxylation is 1. The van der Waals surface area contributed by atoms with Crippen LogP contribution in [0.5, 0.6) is 0 Å². The fourth-order valence-electron chi connectivity index (χ4n) is 1.67. The molecule has 2 rings (SSSR count). The maximum Gasteiger partial charge on any atom is 0.322 e. The number of benzene rings is 1. The zero-order valence-corrected chi connectivity index (χ0v) is 10.5. The molecule has 0 spiro atoms. The number of hydrogen-bond donors (Lipinski definition) is 0. The van der Waals surface area contributed by atoms with Crippen LogP contribution in [0.1, 0.15) is 25.3 Å². The molecule has 1 saturated carbocycles. The summed E-state index contributed by atoms with van der Waals surface area (Å²) < 4.78 is 4.55. The number of esters is 1. The first-order valence-corrected chi connectivity index (χ1v) is 6.38. The second-order valence-corrected chi connectivity index (χ2v) is 5.54. The molecule has 1 aliphatic rings. The summed E-state index contributed by atoms with van der Waals surface area (Å²) in [6, 6.07) is 8.42. The quantitative estimate of drug-likeness (QED) is 0.752. The molecule has 1 aliphatic carbocycles. The largest absolute Gasteiger partial charge is 0.468 e. The van der Waals surface area contributed by atoms with Crippen molar-refractivity contribution >= 4 is 17.7 Å². The summed E-state index contributed by atoms with van der Waals surface area (Å²) in [6.45, 7) is 2.14. The van der Waals surface area contributed by atoms with Crippen LogP contribution in [-0.2, 0) is 16.0 Å². The van der Waals surface area contributed by atoms with Gasteiger partial charge in [-0.1, -0.05) is 19.1 Å². The van der Waals surface area contributed by atoms with E-state index in [4.69, 9.17) is 4.74 Å². The van der Waals surface area contributed by atoms with Gasteiger partial charge in [-0.15, -0.1) is 11.8 Å². The van der Waals surface area contributed by atoms with Gasteiger partial charge < -0.3 is 4.74 Å². The minimum absolute atomic E-state index is 0.0860. The van der Waals surface area contributed by atoms with Crippen LogP contribution in [0, 0.1) is 0 Å². The Morgan fingerprint density at radius 3 is 2.44 bits per heavy atom. The van der Waals surface area contributed by atoms with Crippen molar-refractivity contribution in [3.05, 3.63) is 29.8 Å². The van der Waals surface area contributed by atoms with Gasteiger partial charge in [0.2, 0.25) is 0 Å². The van der Waals surface area contributed by atoms with Gasteiger partial charge in [0.15, 0.2) is 0 Å². The third-order valence-corrected chi connectivity index (χ3v) is 4.38. The molecule has 16 heavy (non-hydrogen) atoms. The Hall–Kier alpha value is -0.960. The van der Waals surface area contributed by atoms with Crippen LogP contribution < -0.4 is 0 Å². The zero-order chi connectivity index (χ0) is 11.6. The molecule has 0 saturated heterocycles. The molecule has 1 aromatic rings. The van der Waals surface area contributed by atoms with Crippen molar-refractivity contribution < 1.29 is 9.53 Å². The highest BCUT2D eigenvalue weighted by atomic mass is 32.2. The molecule has 0 bridgehead atoms. The van der Waals surface area contributed by atoms with E-state index < -0.39 is 0 Å². The Labute approximate surface area is 100 Å². The number of rotatable bonds is 4. The summed E-state index contributed by atoms with van der Waals surface area (Å²) in [6.07, 6.45) is 2.91. The Bertz CT molecular complexity index is 379. The van der Waals surface area contributed by atoms with Crippen LogP contribution in [0.25, 0.3) is 0 Å². The van der Waals surface area contributed by atoms with Gasteiger partial charge in [0, 0.05) is 4.90 Å². The summed E-state index contributed by atoms with van der Waals surface area (Å²) in [7, 11) is 1.46. The summed E-state index contributed by atoms with van der Waals surface area (Å²) in [5.74, 6) is -0.0860. The van der Waals surface area contributed by atoms with Crippen LogP contribution in [0.2, 0.25) is 0 Å². The van der Waals surface area contributed by atoms with Gasteiger partial charge in [-0.05, 0) is 37.0 Å². The Morgan fingerprint density at radius 2 is 2.00 bits per heavy atom. The first-order valence-electron chi connectivity index (χ1n) is 5.56. The second-order valence-electron chi connectivity index (χ2n) is 4.09. The van der Waals surface area contributed by atoms with E-state index in [-0.39, 0.29) is 10.7 Å². The van der Waals surface area contributed by atoms with Crippen LogP contribution in [0.4, 0.5) is 0 Å². The molecular weight excluding hydrogens is 220 g/mol. The number of hydrogen-bond acceptors (Lipinski definition) is 3. The third kappa shape index (κ3) is 2.24. The molecule has 0 amide bonds. The molecule has 1 aromatic carbocycles. The number of ether oxygens (including phenoxy) is 1. The predicted octanol–water partition coefficient (Wildman–Crippen LogP) is 3.05. The van der Waals surface area contributed by atoms with Crippen molar-refractivity contribution in [3.8, 4) is 0 Å². The van der Waals surface area contributed by atoms with Crippen LogP contribution >= 0.6 is 11.8 Å². The van der Waals surface area contributed by atoms with Crippen molar-refractivity contribution in [2.75, 3.05) is 7.11 Å². The average molecular weight is 236 g/mol. The Kier molecular flexibility index (Phi) is 3.24. The van der Waals surface area contributed by atoms with E-state index in [9.17, 15) is 4.79 Å². The van der Waals surface area contributed by atoms with Gasteiger partial charge in [-0.25, -0.2) is 0 Å². The van der Waals surface area contributed by atoms with Crippen molar-refractivity contribution in [3.63, 3.8) is 0 Å². The monoisotopic (exact) mass is 236 g/mol. The van der Waals surface area contributed by atoms with Gasteiger partial charge in [-0.2, -0.15) is 0 Å². The lowest BCUT2D eigenvalue weighted by molar-refractivity contribution is -0.140. The van der Waals surface area contributed by atoms with Crippen LogP contribution in [0.3, 0.4) is 0 Å². The van der Waals surface area contributed by atoms with Gasteiger partial charge >= 0.3 is 5.97 Å². The van der Waals surface area contributed by atoms with E-state index >= 15 is 0 Å². The second kappa shape index (κ2) is 4.50. The van der Waals surface area contributed by atoms with Gasteiger partial charge in [-0.3, -0.25) is 4.79 Å². The number of thioether (sulfide) groups is 1. The van der Waals surface area contributed by atoms with Crippen molar-refractivity contribution in [2.45, 2.75) is 35.8 Å². The predicted molar refractivity (Wildman–Crippen MR) is 65.7 cm³/mol. The molecule has 0 aromatic heterocycles. The maximum absolute atomic E-state index is 11.6. The fourth-order valence-corrected chi connectivity index (χ4v) is 2.86. The minimum atomic E-state index is -0.289. The summed E-state index contributed by atoms with van der Waals surface area (Å²) in [4.78, 5) is 12.7. The van der Waals surface area contributed by atoms with Gasteiger partial charge in [0.1, 0.15) is 4.75 Å². The van der Waals surface area contributed by atoms with Crippen LogP contribution in [0.15, 0.2) is 29.2 Å². The normalized spacial score (nSPS) is 16.9. The molecule has 0 aliphatic heterocycles. The lowest BCUT2D eigenvalue weighted by Crippen LogP contribution is -2.19. The molecule has 0 radical (unpaired) electrons. The van der Waals surface area contributed by atoms with E-state index in [1.807, 2.05) is 0 Å².